The number of carbonyl (C=O) groups excluding carboxylic acids is 2. The van der Waals surface area contributed by atoms with Crippen LogP contribution in [-0.2, 0) is 14.8 Å². The van der Waals surface area contributed by atoms with Crippen molar-refractivity contribution < 1.29 is 22.8 Å². The first-order valence-electron chi connectivity index (χ1n) is 12.6. The average Bonchev–Trinajstić information content (AvgIpc) is 2.95. The van der Waals surface area contributed by atoms with Crippen molar-refractivity contribution in [3.8, 4) is 5.75 Å². The fourth-order valence-corrected chi connectivity index (χ4v) is 4.89. The average molecular weight is 539 g/mol. The summed E-state index contributed by atoms with van der Waals surface area (Å²) in [6, 6.07) is 22.5. The van der Waals surface area contributed by atoms with E-state index in [2.05, 4.69) is 29.4 Å². The van der Waals surface area contributed by atoms with Gasteiger partial charge >= 0.3 is 0 Å². The Balaban J connectivity index is 1.62. The van der Waals surface area contributed by atoms with Crippen LogP contribution in [0.15, 0.2) is 89.8 Å². The van der Waals surface area contributed by atoms with E-state index in [0.29, 0.717) is 18.0 Å². The van der Waals surface area contributed by atoms with Gasteiger partial charge in [-0.3, -0.25) is 9.59 Å². The number of hydrogen-bond acceptors (Lipinski definition) is 6. The van der Waals surface area contributed by atoms with Crippen LogP contribution in [0.1, 0.15) is 30.6 Å². The number of sulfonamides is 1. The molecule has 2 N–H and O–H groups in total. The molecular formula is C28H34N4O5S. The highest BCUT2D eigenvalue weighted by molar-refractivity contribution is 7.92. The molecule has 0 aliphatic rings. The van der Waals surface area contributed by atoms with E-state index in [1.165, 1.54) is 24.3 Å². The third-order valence-electron chi connectivity index (χ3n) is 5.81. The molecule has 0 saturated heterocycles. The highest BCUT2D eigenvalue weighted by atomic mass is 32.2. The van der Waals surface area contributed by atoms with Crippen molar-refractivity contribution in [2.75, 3.05) is 37.2 Å². The lowest BCUT2D eigenvalue weighted by molar-refractivity contribution is -0.120. The van der Waals surface area contributed by atoms with Gasteiger partial charge in [0, 0.05) is 12.1 Å². The van der Waals surface area contributed by atoms with Crippen LogP contribution in [0.4, 0.5) is 5.69 Å². The van der Waals surface area contributed by atoms with Gasteiger partial charge in [0.15, 0.2) is 5.75 Å². The largest absolute Gasteiger partial charge is 0.364 e. The minimum absolute atomic E-state index is 0.0558. The van der Waals surface area contributed by atoms with Gasteiger partial charge in [0.1, 0.15) is 0 Å². The zero-order valence-corrected chi connectivity index (χ0v) is 22.5. The van der Waals surface area contributed by atoms with Crippen LogP contribution in [0, 0.1) is 0 Å². The number of hydrogen-bond donors (Lipinski definition) is 2. The van der Waals surface area contributed by atoms with Crippen LogP contribution in [0.5, 0.6) is 5.75 Å². The molecule has 3 aromatic rings. The molecule has 0 saturated carbocycles. The highest BCUT2D eigenvalue weighted by Gasteiger charge is 2.27. The minimum Gasteiger partial charge on any atom is -0.364 e. The summed E-state index contributed by atoms with van der Waals surface area (Å²) in [5, 5.41) is 5.36. The quantitative estimate of drug-likeness (QED) is 0.240. The van der Waals surface area contributed by atoms with Crippen LogP contribution in [0.3, 0.4) is 0 Å². The first-order chi connectivity index (χ1) is 18.3. The molecule has 2 amide bonds. The number of nitrogens with zero attached hydrogens (tertiary/aromatic N) is 2. The highest BCUT2D eigenvalue weighted by Crippen LogP contribution is 2.26. The van der Waals surface area contributed by atoms with E-state index in [1.807, 2.05) is 0 Å². The molecule has 0 aliphatic heterocycles. The van der Waals surface area contributed by atoms with Crippen molar-refractivity contribution in [3.63, 3.8) is 0 Å². The van der Waals surface area contributed by atoms with E-state index in [9.17, 15) is 18.0 Å². The molecule has 0 aromatic heterocycles. The normalized spacial score (nSPS) is 11.1. The smallest absolute Gasteiger partial charge is 0.295 e. The SMILES string of the molecule is CCN(CC)CCCNC(=O)CNC(=O)c1ccc(S(=O)(=O)N(Oc2ccccc2)c2ccccc2)cc1. The van der Waals surface area contributed by atoms with Gasteiger partial charge < -0.3 is 20.4 Å². The lowest BCUT2D eigenvalue weighted by Gasteiger charge is -2.24. The molecule has 3 aromatic carbocycles. The van der Waals surface area contributed by atoms with E-state index >= 15 is 0 Å². The standard InChI is InChI=1S/C28H34N4O5S/c1-3-31(4-2)21-11-20-29-27(33)22-30-28(34)23-16-18-26(19-17-23)38(35,36)32(24-12-7-5-8-13-24)37-25-14-9-6-10-15-25/h5-10,12-19H,3-4,11,20-22H2,1-2H3,(H,29,33)(H,30,34). The van der Waals surface area contributed by atoms with Crippen LogP contribution in [0.25, 0.3) is 0 Å². The monoisotopic (exact) mass is 538 g/mol. The van der Waals surface area contributed by atoms with Crippen molar-refractivity contribution in [2.45, 2.75) is 25.2 Å². The predicted octanol–water partition coefficient (Wildman–Crippen LogP) is 3.45. The summed E-state index contributed by atoms with van der Waals surface area (Å²) in [6.07, 6.45) is 0.825. The van der Waals surface area contributed by atoms with Crippen molar-refractivity contribution in [3.05, 3.63) is 90.5 Å². The summed E-state index contributed by atoms with van der Waals surface area (Å²) in [5.41, 5.74) is 0.551. The van der Waals surface area contributed by atoms with Crippen molar-refractivity contribution >= 4 is 27.5 Å². The van der Waals surface area contributed by atoms with E-state index in [4.69, 9.17) is 4.84 Å². The summed E-state index contributed by atoms with van der Waals surface area (Å²) in [6.45, 7) is 7.37. The van der Waals surface area contributed by atoms with E-state index in [1.54, 1.807) is 60.7 Å². The maximum absolute atomic E-state index is 13.5. The van der Waals surface area contributed by atoms with Gasteiger partial charge in [-0.05, 0) is 74.6 Å². The fraction of sp³-hybridized carbons (Fsp3) is 0.286. The maximum Gasteiger partial charge on any atom is 0.295 e. The van der Waals surface area contributed by atoms with Crippen molar-refractivity contribution in [1.29, 1.82) is 0 Å². The van der Waals surface area contributed by atoms with Gasteiger partial charge in [-0.2, -0.15) is 8.42 Å². The topological polar surface area (TPSA) is 108 Å². The van der Waals surface area contributed by atoms with Gasteiger partial charge in [0.25, 0.3) is 15.9 Å². The summed E-state index contributed by atoms with van der Waals surface area (Å²) < 4.78 is 27.8. The number of benzene rings is 3. The number of amides is 2. The van der Waals surface area contributed by atoms with Gasteiger partial charge in [-0.1, -0.05) is 54.7 Å². The number of carbonyl (C=O) groups is 2. The van der Waals surface area contributed by atoms with Gasteiger partial charge in [-0.15, -0.1) is 0 Å². The number of para-hydroxylation sites is 2. The first kappa shape index (κ1) is 28.7. The summed E-state index contributed by atoms with van der Waals surface area (Å²) in [5.74, 6) is -0.413. The molecular weight excluding hydrogens is 504 g/mol. The summed E-state index contributed by atoms with van der Waals surface area (Å²) >= 11 is 0. The molecule has 0 atom stereocenters. The van der Waals surface area contributed by atoms with Crippen LogP contribution in [0.2, 0.25) is 0 Å². The predicted molar refractivity (Wildman–Crippen MR) is 147 cm³/mol. The summed E-state index contributed by atoms with van der Waals surface area (Å²) in [7, 11) is -4.13. The molecule has 0 aliphatic carbocycles. The number of nitrogens with one attached hydrogen (secondary N) is 2. The Labute approximate surface area is 224 Å². The Bertz CT molecular complexity index is 1270. The van der Waals surface area contributed by atoms with Gasteiger partial charge in [-0.25, -0.2) is 0 Å². The molecule has 0 unspecified atom stereocenters. The van der Waals surface area contributed by atoms with E-state index in [0.717, 1.165) is 30.5 Å². The molecule has 0 spiro atoms. The van der Waals surface area contributed by atoms with Gasteiger partial charge in [0.2, 0.25) is 5.91 Å². The van der Waals surface area contributed by atoms with Gasteiger partial charge in [0.05, 0.1) is 17.1 Å². The fourth-order valence-electron chi connectivity index (χ4n) is 3.64. The third-order valence-corrected chi connectivity index (χ3v) is 7.40. The second-order valence-electron chi connectivity index (χ2n) is 8.41. The molecule has 0 fully saturated rings. The second kappa shape index (κ2) is 14.2. The van der Waals surface area contributed by atoms with Crippen LogP contribution >= 0.6 is 0 Å². The lowest BCUT2D eigenvalue weighted by Crippen LogP contribution is -2.38. The molecule has 9 nitrogen and oxygen atoms in total. The van der Waals surface area contributed by atoms with Crippen molar-refractivity contribution in [1.82, 2.24) is 15.5 Å². The minimum atomic E-state index is -4.13. The zero-order chi connectivity index (χ0) is 27.4. The first-order valence-corrected chi connectivity index (χ1v) is 14.0. The number of anilines is 1. The Kier molecular flexibility index (Phi) is 10.7. The third kappa shape index (κ3) is 8.06. The molecule has 0 radical (unpaired) electrons. The molecule has 3 rings (SSSR count). The van der Waals surface area contributed by atoms with Crippen LogP contribution in [-0.4, -0.2) is 57.9 Å². The van der Waals surface area contributed by atoms with E-state index in [-0.39, 0.29) is 22.9 Å². The van der Waals surface area contributed by atoms with Crippen LogP contribution < -0.4 is 19.9 Å². The molecule has 10 heteroatoms. The second-order valence-corrected chi connectivity index (χ2v) is 10.2. The Hall–Kier alpha value is -3.89. The Morgan fingerprint density at radius 1 is 0.816 bits per heavy atom. The number of rotatable bonds is 14. The Morgan fingerprint density at radius 3 is 2.03 bits per heavy atom. The van der Waals surface area contributed by atoms with E-state index < -0.39 is 15.9 Å². The molecule has 0 heterocycles. The van der Waals surface area contributed by atoms with Crippen molar-refractivity contribution in [2.24, 2.45) is 0 Å². The maximum atomic E-state index is 13.5. The summed E-state index contributed by atoms with van der Waals surface area (Å²) in [4.78, 5) is 32.6. The molecule has 0 bridgehead atoms. The Morgan fingerprint density at radius 2 is 1.42 bits per heavy atom. The lowest BCUT2D eigenvalue weighted by atomic mass is 10.2. The zero-order valence-electron chi connectivity index (χ0n) is 21.7. The molecule has 38 heavy (non-hydrogen) atoms. The molecule has 202 valence electrons.